The minimum Gasteiger partial charge on any atom is -0.317 e. The normalized spacial score (nSPS) is 13.1. The molecule has 0 aliphatic carbocycles. The van der Waals surface area contributed by atoms with Crippen molar-refractivity contribution in [3.05, 3.63) is 28.5 Å². The van der Waals surface area contributed by atoms with Crippen LogP contribution in [0.15, 0.2) is 17.8 Å². The molecule has 2 heterocycles. The summed E-state index contributed by atoms with van der Waals surface area (Å²) < 4.78 is 0. The Bertz CT molecular complexity index is 379. The zero-order chi connectivity index (χ0) is 9.26. The number of hydrogen-bond donors (Lipinski definition) is 1. The Morgan fingerprint density at radius 2 is 2.46 bits per heavy atom. The van der Waals surface area contributed by atoms with Crippen molar-refractivity contribution < 1.29 is 0 Å². The lowest BCUT2D eigenvalue weighted by atomic mass is 10.2. The number of hydrogen-bond acceptors (Lipinski definition) is 5. The summed E-state index contributed by atoms with van der Waals surface area (Å²) in [5.74, 6) is 0. The van der Waals surface area contributed by atoms with Crippen LogP contribution in [-0.4, -0.2) is 20.0 Å². The molecule has 2 rings (SSSR count). The van der Waals surface area contributed by atoms with Gasteiger partial charge in [-0.3, -0.25) is 0 Å². The molecule has 2 aromatic heterocycles. The predicted octanol–water partition coefficient (Wildman–Crippen LogP) is 0.320. The quantitative estimate of drug-likeness (QED) is 0.749. The summed E-state index contributed by atoms with van der Waals surface area (Å²) in [4.78, 5) is 5.61. The van der Waals surface area contributed by atoms with Gasteiger partial charge >= 0.3 is 0 Å². The van der Waals surface area contributed by atoms with Crippen LogP contribution >= 0.6 is 11.3 Å². The van der Waals surface area contributed by atoms with Gasteiger partial charge in [0, 0.05) is 18.6 Å². The molecule has 0 radical (unpaired) electrons. The number of rotatable bonds is 2. The maximum absolute atomic E-state index is 5.91. The monoisotopic (exact) mass is 195 g/mol. The summed E-state index contributed by atoms with van der Waals surface area (Å²) in [6, 6.07) is -0.256. The Kier molecular flexibility index (Phi) is 2.07. The first-order valence-electron chi connectivity index (χ1n) is 3.78. The number of nitrogens with two attached hydrogens (primary N) is 1. The molecule has 13 heavy (non-hydrogen) atoms. The molecular weight excluding hydrogens is 186 g/mol. The van der Waals surface area contributed by atoms with Gasteiger partial charge in [-0.2, -0.15) is 15.0 Å². The number of aryl methyl sites for hydroxylation is 1. The van der Waals surface area contributed by atoms with Crippen LogP contribution in [0.1, 0.15) is 16.7 Å². The van der Waals surface area contributed by atoms with Gasteiger partial charge in [-0.25, -0.2) is 4.98 Å². The van der Waals surface area contributed by atoms with Crippen LogP contribution in [0.5, 0.6) is 0 Å². The minimum atomic E-state index is -0.256. The Hall–Kier alpha value is -1.27. The van der Waals surface area contributed by atoms with E-state index in [1.54, 1.807) is 19.4 Å². The molecule has 2 N–H and O–H groups in total. The van der Waals surface area contributed by atoms with E-state index in [0.717, 1.165) is 10.7 Å². The standard InChI is InChI=1S/C7H9N5S/c1-12-10-4-5(11-12)6(8)7-9-2-3-13-7/h2-4,6H,8H2,1H3. The lowest BCUT2D eigenvalue weighted by Gasteiger charge is -2.02. The number of aromatic nitrogens is 4. The fourth-order valence-corrected chi connectivity index (χ4v) is 1.67. The second kappa shape index (κ2) is 3.23. The molecule has 0 saturated carbocycles. The maximum Gasteiger partial charge on any atom is 0.116 e. The first-order chi connectivity index (χ1) is 6.27. The first-order valence-corrected chi connectivity index (χ1v) is 4.66. The highest BCUT2D eigenvalue weighted by Crippen LogP contribution is 2.18. The molecule has 2 aromatic rings. The lowest BCUT2D eigenvalue weighted by molar-refractivity contribution is 0.637. The van der Waals surface area contributed by atoms with Crippen molar-refractivity contribution in [1.29, 1.82) is 0 Å². The molecule has 6 heteroatoms. The van der Waals surface area contributed by atoms with Gasteiger partial charge in [0.25, 0.3) is 0 Å². The highest BCUT2D eigenvalue weighted by atomic mass is 32.1. The molecule has 1 atom stereocenters. The van der Waals surface area contributed by atoms with Crippen molar-refractivity contribution in [1.82, 2.24) is 20.0 Å². The largest absolute Gasteiger partial charge is 0.317 e. The molecule has 0 aromatic carbocycles. The summed E-state index contributed by atoms with van der Waals surface area (Å²) >= 11 is 1.52. The third-order valence-electron chi connectivity index (χ3n) is 1.65. The van der Waals surface area contributed by atoms with E-state index in [9.17, 15) is 0 Å². The van der Waals surface area contributed by atoms with E-state index in [1.807, 2.05) is 5.38 Å². The third-order valence-corrected chi connectivity index (χ3v) is 2.51. The number of nitrogens with zero attached hydrogens (tertiary/aromatic N) is 4. The van der Waals surface area contributed by atoms with Crippen LogP contribution in [-0.2, 0) is 7.05 Å². The van der Waals surface area contributed by atoms with Crippen LogP contribution in [0.2, 0.25) is 0 Å². The molecule has 0 aliphatic heterocycles. The second-order valence-corrected chi connectivity index (χ2v) is 3.53. The first kappa shape index (κ1) is 8.33. The second-order valence-electron chi connectivity index (χ2n) is 2.61. The smallest absolute Gasteiger partial charge is 0.116 e. The summed E-state index contributed by atoms with van der Waals surface area (Å²) in [5.41, 5.74) is 6.65. The molecule has 1 unspecified atom stereocenters. The average Bonchev–Trinajstić information content (AvgIpc) is 2.72. The van der Waals surface area contributed by atoms with E-state index in [-0.39, 0.29) is 6.04 Å². The lowest BCUT2D eigenvalue weighted by Crippen LogP contribution is -2.12. The van der Waals surface area contributed by atoms with Crippen LogP contribution < -0.4 is 5.73 Å². The zero-order valence-electron chi connectivity index (χ0n) is 7.08. The molecular formula is C7H9N5S. The van der Waals surface area contributed by atoms with Gasteiger partial charge in [-0.05, 0) is 0 Å². The Balaban J connectivity index is 2.28. The van der Waals surface area contributed by atoms with Crippen molar-refractivity contribution in [2.75, 3.05) is 0 Å². The average molecular weight is 195 g/mol. The van der Waals surface area contributed by atoms with Gasteiger partial charge in [0.2, 0.25) is 0 Å². The molecule has 5 nitrogen and oxygen atoms in total. The van der Waals surface area contributed by atoms with E-state index < -0.39 is 0 Å². The van der Waals surface area contributed by atoms with Crippen molar-refractivity contribution >= 4 is 11.3 Å². The van der Waals surface area contributed by atoms with Crippen LogP contribution in [0.25, 0.3) is 0 Å². The highest BCUT2D eigenvalue weighted by molar-refractivity contribution is 7.09. The highest BCUT2D eigenvalue weighted by Gasteiger charge is 2.14. The topological polar surface area (TPSA) is 69.6 Å². The van der Waals surface area contributed by atoms with Gasteiger partial charge < -0.3 is 5.73 Å². The summed E-state index contributed by atoms with van der Waals surface area (Å²) in [6.07, 6.45) is 3.39. The van der Waals surface area contributed by atoms with Gasteiger partial charge in [-0.15, -0.1) is 11.3 Å². The Labute approximate surface area is 79.2 Å². The van der Waals surface area contributed by atoms with Crippen molar-refractivity contribution in [2.45, 2.75) is 6.04 Å². The molecule has 0 bridgehead atoms. The molecule has 0 saturated heterocycles. The van der Waals surface area contributed by atoms with Gasteiger partial charge in [-0.1, -0.05) is 0 Å². The summed E-state index contributed by atoms with van der Waals surface area (Å²) in [6.45, 7) is 0. The van der Waals surface area contributed by atoms with E-state index in [2.05, 4.69) is 15.2 Å². The van der Waals surface area contributed by atoms with Crippen molar-refractivity contribution in [2.24, 2.45) is 12.8 Å². The Morgan fingerprint density at radius 1 is 1.62 bits per heavy atom. The fraction of sp³-hybridized carbons (Fsp3) is 0.286. The van der Waals surface area contributed by atoms with E-state index in [0.29, 0.717) is 0 Å². The van der Waals surface area contributed by atoms with E-state index in [4.69, 9.17) is 5.73 Å². The summed E-state index contributed by atoms with van der Waals surface area (Å²) in [7, 11) is 1.76. The molecule has 0 aliphatic rings. The molecule has 0 fully saturated rings. The molecule has 0 spiro atoms. The van der Waals surface area contributed by atoms with Crippen LogP contribution in [0.4, 0.5) is 0 Å². The Morgan fingerprint density at radius 3 is 3.00 bits per heavy atom. The van der Waals surface area contributed by atoms with Crippen molar-refractivity contribution in [3.8, 4) is 0 Å². The maximum atomic E-state index is 5.91. The van der Waals surface area contributed by atoms with Crippen molar-refractivity contribution in [3.63, 3.8) is 0 Å². The van der Waals surface area contributed by atoms with Gasteiger partial charge in [0.05, 0.1) is 6.20 Å². The summed E-state index contributed by atoms with van der Waals surface area (Å²) in [5, 5.41) is 10.8. The fourth-order valence-electron chi connectivity index (χ4n) is 1.02. The zero-order valence-corrected chi connectivity index (χ0v) is 7.90. The molecule has 0 amide bonds. The number of thiazole rings is 1. The van der Waals surface area contributed by atoms with Crippen LogP contribution in [0.3, 0.4) is 0 Å². The van der Waals surface area contributed by atoms with Crippen LogP contribution in [0, 0.1) is 0 Å². The van der Waals surface area contributed by atoms with Gasteiger partial charge in [0.1, 0.15) is 16.7 Å². The van der Waals surface area contributed by atoms with E-state index in [1.165, 1.54) is 16.1 Å². The third kappa shape index (κ3) is 1.58. The van der Waals surface area contributed by atoms with Gasteiger partial charge in [0.15, 0.2) is 0 Å². The van der Waals surface area contributed by atoms with E-state index >= 15 is 0 Å². The predicted molar refractivity (Wildman–Crippen MR) is 49.1 cm³/mol. The minimum absolute atomic E-state index is 0.256. The SMILES string of the molecule is Cn1ncc(C(N)c2nccs2)n1. The molecule has 68 valence electrons.